The maximum Gasteiger partial charge on any atom is 0.338 e. The van der Waals surface area contributed by atoms with Crippen LogP contribution in [0.3, 0.4) is 0 Å². The van der Waals surface area contributed by atoms with Gasteiger partial charge in [-0.3, -0.25) is 0 Å². The summed E-state index contributed by atoms with van der Waals surface area (Å²) in [5.41, 5.74) is 3.29. The Kier molecular flexibility index (Phi) is 7.61. The molecule has 0 radical (unpaired) electrons. The van der Waals surface area contributed by atoms with E-state index in [9.17, 15) is 4.79 Å². The molecule has 0 aliphatic rings. The molecule has 2 N–H and O–H groups in total. The van der Waals surface area contributed by atoms with Gasteiger partial charge in [-0.25, -0.2) is 4.79 Å². The third-order valence-corrected chi connectivity index (χ3v) is 4.20. The second kappa shape index (κ2) is 9.92. The highest BCUT2D eigenvalue weighted by atomic mass is 32.1. The molecule has 1 unspecified atom stereocenters. The number of hydrogen-bond donors (Lipinski definition) is 2. The SMILES string of the molecule is CCOC(=O)c1cccc(NC(=S)NC(C)COc2ccc(C)cc2)c1C. The van der Waals surface area contributed by atoms with Crippen LogP contribution in [-0.2, 0) is 4.74 Å². The van der Waals surface area contributed by atoms with E-state index in [4.69, 9.17) is 21.7 Å². The van der Waals surface area contributed by atoms with Crippen LogP contribution < -0.4 is 15.4 Å². The quantitative estimate of drug-likeness (QED) is 0.548. The Morgan fingerprint density at radius 2 is 1.85 bits per heavy atom. The zero-order valence-electron chi connectivity index (χ0n) is 16.2. The van der Waals surface area contributed by atoms with E-state index in [1.807, 2.05) is 51.1 Å². The first-order chi connectivity index (χ1) is 12.9. The van der Waals surface area contributed by atoms with Crippen molar-refractivity contribution >= 4 is 29.0 Å². The first kappa shape index (κ1) is 20.7. The monoisotopic (exact) mass is 386 g/mol. The zero-order chi connectivity index (χ0) is 19.8. The van der Waals surface area contributed by atoms with Crippen molar-refractivity contribution in [1.29, 1.82) is 0 Å². The van der Waals surface area contributed by atoms with Crippen LogP contribution >= 0.6 is 12.2 Å². The van der Waals surface area contributed by atoms with Crippen LogP contribution in [-0.4, -0.2) is 30.3 Å². The Hall–Kier alpha value is -2.60. The fourth-order valence-corrected chi connectivity index (χ4v) is 2.79. The van der Waals surface area contributed by atoms with Crippen molar-refractivity contribution in [3.63, 3.8) is 0 Å². The summed E-state index contributed by atoms with van der Waals surface area (Å²) in [6, 6.07) is 13.4. The minimum absolute atomic E-state index is 0.0137. The average Bonchev–Trinajstić information content (AvgIpc) is 2.63. The lowest BCUT2D eigenvalue weighted by atomic mass is 10.1. The number of ether oxygens (including phenoxy) is 2. The summed E-state index contributed by atoms with van der Waals surface area (Å²) in [5.74, 6) is 0.489. The normalized spacial score (nSPS) is 11.4. The predicted molar refractivity (Wildman–Crippen MR) is 113 cm³/mol. The van der Waals surface area contributed by atoms with Gasteiger partial charge >= 0.3 is 5.97 Å². The van der Waals surface area contributed by atoms with E-state index >= 15 is 0 Å². The molecular weight excluding hydrogens is 360 g/mol. The van der Waals surface area contributed by atoms with Crippen molar-refractivity contribution < 1.29 is 14.3 Å². The van der Waals surface area contributed by atoms with Gasteiger partial charge in [-0.2, -0.15) is 0 Å². The molecule has 2 rings (SSSR count). The Bertz CT molecular complexity index is 791. The molecule has 0 saturated heterocycles. The Balaban J connectivity index is 1.90. The number of anilines is 1. The summed E-state index contributed by atoms with van der Waals surface area (Å²) < 4.78 is 10.8. The van der Waals surface area contributed by atoms with Crippen LogP contribution in [0.4, 0.5) is 5.69 Å². The van der Waals surface area contributed by atoms with E-state index in [1.54, 1.807) is 19.1 Å². The number of rotatable bonds is 7. The molecular formula is C21H26N2O3S. The van der Waals surface area contributed by atoms with Crippen LogP contribution in [0, 0.1) is 13.8 Å². The van der Waals surface area contributed by atoms with Crippen LogP contribution in [0.15, 0.2) is 42.5 Å². The molecule has 1 atom stereocenters. The summed E-state index contributed by atoms with van der Waals surface area (Å²) >= 11 is 5.39. The fraction of sp³-hybridized carbons (Fsp3) is 0.333. The topological polar surface area (TPSA) is 59.6 Å². The first-order valence-electron chi connectivity index (χ1n) is 8.94. The van der Waals surface area contributed by atoms with Gasteiger partial charge in [0.15, 0.2) is 5.11 Å². The molecule has 27 heavy (non-hydrogen) atoms. The fourth-order valence-electron chi connectivity index (χ4n) is 2.48. The van der Waals surface area contributed by atoms with Gasteiger partial charge < -0.3 is 20.1 Å². The number of nitrogens with one attached hydrogen (secondary N) is 2. The summed E-state index contributed by atoms with van der Waals surface area (Å²) in [5, 5.41) is 6.80. The molecule has 0 aliphatic heterocycles. The molecule has 2 aromatic carbocycles. The van der Waals surface area contributed by atoms with E-state index in [-0.39, 0.29) is 12.0 Å². The van der Waals surface area contributed by atoms with Gasteiger partial charge in [0, 0.05) is 5.69 Å². The van der Waals surface area contributed by atoms with Crippen molar-refractivity contribution in [2.75, 3.05) is 18.5 Å². The lowest BCUT2D eigenvalue weighted by molar-refractivity contribution is 0.0525. The van der Waals surface area contributed by atoms with Gasteiger partial charge in [0.1, 0.15) is 12.4 Å². The first-order valence-corrected chi connectivity index (χ1v) is 9.35. The highest BCUT2D eigenvalue weighted by Crippen LogP contribution is 2.20. The third kappa shape index (κ3) is 6.25. The maximum atomic E-state index is 12.0. The van der Waals surface area contributed by atoms with Gasteiger partial charge in [-0.1, -0.05) is 23.8 Å². The number of hydrogen-bond acceptors (Lipinski definition) is 4. The summed E-state index contributed by atoms with van der Waals surface area (Å²) in [6.07, 6.45) is 0. The standard InChI is InChI=1S/C21H26N2O3S/c1-5-25-20(24)18-7-6-8-19(16(18)4)23-21(27)22-15(3)13-26-17-11-9-14(2)10-12-17/h6-12,15H,5,13H2,1-4H3,(H2,22,23,27). The van der Waals surface area contributed by atoms with Crippen molar-refractivity contribution in [3.05, 3.63) is 59.2 Å². The highest BCUT2D eigenvalue weighted by Gasteiger charge is 2.13. The molecule has 5 nitrogen and oxygen atoms in total. The van der Waals surface area contributed by atoms with Gasteiger partial charge in [0.05, 0.1) is 18.2 Å². The Labute approximate surface area is 166 Å². The molecule has 0 heterocycles. The molecule has 0 amide bonds. The number of esters is 1. The molecule has 144 valence electrons. The number of aryl methyl sites for hydroxylation is 1. The van der Waals surface area contributed by atoms with Crippen LogP contribution in [0.1, 0.15) is 35.3 Å². The number of benzene rings is 2. The largest absolute Gasteiger partial charge is 0.491 e. The molecule has 0 aromatic heterocycles. The number of carbonyl (C=O) groups is 1. The molecule has 6 heteroatoms. The Morgan fingerprint density at radius 3 is 2.52 bits per heavy atom. The zero-order valence-corrected chi connectivity index (χ0v) is 17.0. The van der Waals surface area contributed by atoms with Crippen molar-refractivity contribution in [2.24, 2.45) is 0 Å². The van der Waals surface area contributed by atoms with Crippen molar-refractivity contribution in [1.82, 2.24) is 5.32 Å². The van der Waals surface area contributed by atoms with Crippen LogP contribution in [0.5, 0.6) is 5.75 Å². The van der Waals surface area contributed by atoms with Gasteiger partial charge in [0.25, 0.3) is 0 Å². The summed E-state index contributed by atoms with van der Waals surface area (Å²) in [6.45, 7) is 8.50. The summed E-state index contributed by atoms with van der Waals surface area (Å²) in [7, 11) is 0. The second-order valence-corrected chi connectivity index (χ2v) is 6.73. The second-order valence-electron chi connectivity index (χ2n) is 6.32. The van der Waals surface area contributed by atoms with Crippen LogP contribution in [0.25, 0.3) is 0 Å². The van der Waals surface area contributed by atoms with E-state index in [2.05, 4.69) is 10.6 Å². The molecule has 0 bridgehead atoms. The van der Waals surface area contributed by atoms with Crippen molar-refractivity contribution in [3.8, 4) is 5.75 Å². The van der Waals surface area contributed by atoms with E-state index in [0.29, 0.717) is 23.9 Å². The maximum absolute atomic E-state index is 12.0. The lowest BCUT2D eigenvalue weighted by Gasteiger charge is -2.19. The molecule has 0 aliphatic carbocycles. The molecule has 2 aromatic rings. The molecule has 0 saturated carbocycles. The number of thiocarbonyl (C=S) groups is 1. The minimum Gasteiger partial charge on any atom is -0.491 e. The van der Waals surface area contributed by atoms with Gasteiger partial charge in [-0.15, -0.1) is 0 Å². The van der Waals surface area contributed by atoms with Crippen molar-refractivity contribution in [2.45, 2.75) is 33.7 Å². The molecule has 0 spiro atoms. The van der Waals surface area contributed by atoms with E-state index < -0.39 is 0 Å². The van der Waals surface area contributed by atoms with E-state index in [1.165, 1.54) is 5.56 Å². The minimum atomic E-state index is -0.336. The lowest BCUT2D eigenvalue weighted by Crippen LogP contribution is -2.39. The smallest absolute Gasteiger partial charge is 0.338 e. The predicted octanol–water partition coefficient (Wildman–Crippen LogP) is 4.23. The summed E-state index contributed by atoms with van der Waals surface area (Å²) in [4.78, 5) is 12.0. The third-order valence-electron chi connectivity index (χ3n) is 3.98. The highest BCUT2D eigenvalue weighted by molar-refractivity contribution is 7.80. The average molecular weight is 387 g/mol. The van der Waals surface area contributed by atoms with Gasteiger partial charge in [-0.05, 0) is 69.7 Å². The number of carbonyl (C=O) groups excluding carboxylic acids is 1. The Morgan fingerprint density at radius 1 is 1.15 bits per heavy atom. The van der Waals surface area contributed by atoms with E-state index in [0.717, 1.165) is 17.0 Å². The van der Waals surface area contributed by atoms with Crippen LogP contribution in [0.2, 0.25) is 0 Å². The molecule has 0 fully saturated rings. The van der Waals surface area contributed by atoms with Gasteiger partial charge in [0.2, 0.25) is 0 Å².